The molecule has 1 N–H and O–H groups in total. The minimum atomic E-state index is -4.61. The number of fused-ring (bicyclic) bond motifs is 1. The lowest BCUT2D eigenvalue weighted by molar-refractivity contribution is -0.128. The molecule has 0 bridgehead atoms. The monoisotopic (exact) mass is 429 g/mol. The van der Waals surface area contributed by atoms with Gasteiger partial charge in [0.1, 0.15) is 0 Å². The highest BCUT2D eigenvalue weighted by molar-refractivity contribution is 6.31. The molecule has 0 radical (unpaired) electrons. The van der Waals surface area contributed by atoms with Gasteiger partial charge in [-0.15, -0.1) is 0 Å². The Balaban J connectivity index is 2.30. The first kappa shape index (κ1) is 20.2. The number of benzene rings is 2. The molecule has 1 heterocycles. The normalized spacial score (nSPS) is 11.6. The minimum Gasteiger partial charge on any atom is -0.449 e. The highest BCUT2D eigenvalue weighted by atomic mass is 35.5. The molecule has 1 aromatic heterocycles. The quantitative estimate of drug-likeness (QED) is 0.494. The van der Waals surface area contributed by atoms with E-state index in [1.807, 2.05) is 0 Å². The Kier molecular flexibility index (Phi) is 5.67. The molecule has 0 atom stereocenters. The fourth-order valence-corrected chi connectivity index (χ4v) is 3.24. The number of nitrogens with zero attached hydrogens (tertiary/aromatic N) is 1. The molecule has 0 amide bonds. The van der Waals surface area contributed by atoms with E-state index in [-0.39, 0.29) is 17.5 Å². The second-order valence-electron chi connectivity index (χ2n) is 5.96. The summed E-state index contributed by atoms with van der Waals surface area (Å²) in [5.74, 6) is -0.459. The SMILES string of the molecule is O=C(O)Oc1c(CC(F)(F)F)nc2ccc(Cl)cc2c1Cc1ccccc1Cl. The number of carboxylic acid groups (broad SMARTS) is 1. The molecular formula is C19H12Cl2F3NO3. The molecule has 0 saturated carbocycles. The van der Waals surface area contributed by atoms with Gasteiger partial charge in [-0.1, -0.05) is 41.4 Å². The Morgan fingerprint density at radius 1 is 1.14 bits per heavy atom. The number of hydrogen-bond acceptors (Lipinski definition) is 3. The Morgan fingerprint density at radius 2 is 1.86 bits per heavy atom. The van der Waals surface area contributed by atoms with Gasteiger partial charge >= 0.3 is 12.3 Å². The van der Waals surface area contributed by atoms with Crippen LogP contribution in [-0.4, -0.2) is 22.4 Å². The van der Waals surface area contributed by atoms with Crippen LogP contribution in [0.2, 0.25) is 10.0 Å². The van der Waals surface area contributed by atoms with Crippen molar-refractivity contribution in [3.63, 3.8) is 0 Å². The molecule has 3 aromatic rings. The molecule has 3 rings (SSSR count). The molecule has 0 spiro atoms. The molecule has 28 heavy (non-hydrogen) atoms. The summed E-state index contributed by atoms with van der Waals surface area (Å²) < 4.78 is 43.9. The zero-order valence-electron chi connectivity index (χ0n) is 14.1. The van der Waals surface area contributed by atoms with E-state index in [1.54, 1.807) is 24.3 Å². The molecular weight excluding hydrogens is 418 g/mol. The van der Waals surface area contributed by atoms with E-state index in [0.717, 1.165) is 0 Å². The molecule has 0 fully saturated rings. The van der Waals surface area contributed by atoms with Gasteiger partial charge in [0.05, 0.1) is 17.6 Å². The predicted octanol–water partition coefficient (Wildman–Crippen LogP) is 6.29. The lowest BCUT2D eigenvalue weighted by atomic mass is 9.98. The third-order valence-corrected chi connectivity index (χ3v) is 4.56. The summed E-state index contributed by atoms with van der Waals surface area (Å²) in [5, 5.41) is 10.2. The van der Waals surface area contributed by atoms with E-state index in [2.05, 4.69) is 4.98 Å². The van der Waals surface area contributed by atoms with Gasteiger partial charge in [0.2, 0.25) is 0 Å². The lowest BCUT2D eigenvalue weighted by Crippen LogP contribution is -2.17. The summed E-state index contributed by atoms with van der Waals surface area (Å²) >= 11 is 12.2. The van der Waals surface area contributed by atoms with Crippen LogP contribution in [0.5, 0.6) is 5.75 Å². The molecule has 0 saturated heterocycles. The van der Waals surface area contributed by atoms with Gasteiger partial charge in [0, 0.05) is 27.4 Å². The molecule has 0 aliphatic heterocycles. The van der Waals surface area contributed by atoms with Crippen LogP contribution in [0, 0.1) is 0 Å². The van der Waals surface area contributed by atoms with Crippen molar-refractivity contribution < 1.29 is 27.8 Å². The maximum atomic E-state index is 13.1. The van der Waals surface area contributed by atoms with Crippen molar-refractivity contribution in [3.8, 4) is 5.75 Å². The highest BCUT2D eigenvalue weighted by Gasteiger charge is 2.32. The number of rotatable bonds is 4. The van der Waals surface area contributed by atoms with Crippen molar-refractivity contribution in [3.05, 3.63) is 69.3 Å². The Morgan fingerprint density at radius 3 is 2.50 bits per heavy atom. The second kappa shape index (κ2) is 7.85. The zero-order valence-corrected chi connectivity index (χ0v) is 15.6. The summed E-state index contributed by atoms with van der Waals surface area (Å²) in [6, 6.07) is 11.2. The molecule has 4 nitrogen and oxygen atoms in total. The van der Waals surface area contributed by atoms with Crippen LogP contribution in [0.15, 0.2) is 42.5 Å². The predicted molar refractivity (Wildman–Crippen MR) is 99.4 cm³/mol. The van der Waals surface area contributed by atoms with Crippen molar-refractivity contribution in [2.24, 2.45) is 0 Å². The summed E-state index contributed by atoms with van der Waals surface area (Å²) in [7, 11) is 0. The summed E-state index contributed by atoms with van der Waals surface area (Å²) in [6.07, 6.45) is -7.76. The van der Waals surface area contributed by atoms with Crippen molar-refractivity contribution in [2.75, 3.05) is 0 Å². The topological polar surface area (TPSA) is 59.4 Å². The average molecular weight is 430 g/mol. The fourth-order valence-electron chi connectivity index (χ4n) is 2.87. The van der Waals surface area contributed by atoms with Crippen LogP contribution in [0.4, 0.5) is 18.0 Å². The molecule has 146 valence electrons. The van der Waals surface area contributed by atoms with Gasteiger partial charge < -0.3 is 9.84 Å². The van der Waals surface area contributed by atoms with Crippen LogP contribution >= 0.6 is 23.2 Å². The first-order chi connectivity index (χ1) is 13.1. The average Bonchev–Trinajstić information content (AvgIpc) is 2.58. The smallest absolute Gasteiger partial charge is 0.449 e. The third-order valence-electron chi connectivity index (χ3n) is 3.96. The van der Waals surface area contributed by atoms with E-state index in [9.17, 15) is 18.0 Å². The largest absolute Gasteiger partial charge is 0.511 e. The Labute approximate surface area is 167 Å². The molecule has 0 unspecified atom stereocenters. The summed E-state index contributed by atoms with van der Waals surface area (Å²) in [6.45, 7) is 0. The number of ether oxygens (including phenoxy) is 1. The highest BCUT2D eigenvalue weighted by Crippen LogP contribution is 2.37. The first-order valence-electron chi connectivity index (χ1n) is 7.96. The maximum absolute atomic E-state index is 13.1. The van der Waals surface area contributed by atoms with Crippen LogP contribution < -0.4 is 4.74 Å². The molecule has 0 aliphatic carbocycles. The van der Waals surface area contributed by atoms with Gasteiger partial charge in [-0.2, -0.15) is 13.2 Å². The second-order valence-corrected chi connectivity index (χ2v) is 6.80. The van der Waals surface area contributed by atoms with Gasteiger partial charge in [0.25, 0.3) is 0 Å². The van der Waals surface area contributed by atoms with E-state index in [0.29, 0.717) is 21.0 Å². The van der Waals surface area contributed by atoms with Crippen LogP contribution in [0.3, 0.4) is 0 Å². The van der Waals surface area contributed by atoms with Gasteiger partial charge in [-0.3, -0.25) is 0 Å². The molecule has 2 aromatic carbocycles. The van der Waals surface area contributed by atoms with Gasteiger partial charge in [-0.25, -0.2) is 9.78 Å². The molecule has 0 aliphatic rings. The summed E-state index contributed by atoms with van der Waals surface area (Å²) in [4.78, 5) is 15.2. The van der Waals surface area contributed by atoms with E-state index >= 15 is 0 Å². The maximum Gasteiger partial charge on any atom is 0.511 e. The van der Waals surface area contributed by atoms with E-state index in [1.165, 1.54) is 18.2 Å². The van der Waals surface area contributed by atoms with E-state index in [4.69, 9.17) is 33.0 Å². The first-order valence-corrected chi connectivity index (χ1v) is 8.71. The minimum absolute atomic E-state index is 0.0342. The third kappa shape index (κ3) is 4.66. The van der Waals surface area contributed by atoms with Crippen LogP contribution in [0.25, 0.3) is 10.9 Å². The van der Waals surface area contributed by atoms with Gasteiger partial charge in [0.15, 0.2) is 5.75 Å². The number of aromatic nitrogens is 1. The van der Waals surface area contributed by atoms with E-state index < -0.39 is 30.2 Å². The van der Waals surface area contributed by atoms with Crippen molar-refractivity contribution in [1.82, 2.24) is 4.98 Å². The number of alkyl halides is 3. The Hall–Kier alpha value is -2.51. The van der Waals surface area contributed by atoms with Gasteiger partial charge in [-0.05, 0) is 29.8 Å². The number of hydrogen-bond donors (Lipinski definition) is 1. The van der Waals surface area contributed by atoms with Crippen molar-refractivity contribution in [1.29, 1.82) is 0 Å². The van der Waals surface area contributed by atoms with Crippen molar-refractivity contribution in [2.45, 2.75) is 19.0 Å². The Bertz CT molecular complexity index is 1050. The standard InChI is InChI=1S/C19H12Cl2F3NO3/c20-11-5-6-15-12(8-11)13(7-10-3-1-2-4-14(10)21)17(28-18(26)27)16(25-15)9-19(22,23)24/h1-6,8H,7,9H2,(H,26,27). The van der Waals surface area contributed by atoms with Crippen molar-refractivity contribution >= 4 is 40.3 Å². The fraction of sp³-hybridized carbons (Fsp3) is 0.158. The summed E-state index contributed by atoms with van der Waals surface area (Å²) in [5.41, 5.74) is 0.516. The van der Waals surface area contributed by atoms with Crippen LogP contribution in [0.1, 0.15) is 16.8 Å². The van der Waals surface area contributed by atoms with Crippen LogP contribution in [-0.2, 0) is 12.8 Å². The zero-order chi connectivity index (χ0) is 20.5. The lowest BCUT2D eigenvalue weighted by Gasteiger charge is -2.17. The number of halogens is 5. The number of carbonyl (C=O) groups is 1. The molecule has 9 heteroatoms. The number of pyridine rings is 1.